The number of ether oxygens (including phenoxy) is 1. The van der Waals surface area contributed by atoms with Crippen LogP contribution in [0, 0.1) is 20.8 Å². The Labute approximate surface area is 124 Å². The molecule has 21 heavy (non-hydrogen) atoms. The van der Waals surface area contributed by atoms with Crippen LogP contribution in [0.5, 0.6) is 5.88 Å². The maximum atomic E-state index is 9.27. The van der Waals surface area contributed by atoms with Gasteiger partial charge < -0.3 is 14.9 Å². The van der Waals surface area contributed by atoms with E-state index in [9.17, 15) is 5.11 Å². The van der Waals surface area contributed by atoms with Crippen LogP contribution in [0.15, 0.2) is 12.1 Å². The van der Waals surface area contributed by atoms with Gasteiger partial charge in [0.05, 0.1) is 30.4 Å². The molecule has 5 nitrogen and oxygen atoms in total. The topological polar surface area (TPSA) is 75.5 Å². The summed E-state index contributed by atoms with van der Waals surface area (Å²) in [6, 6.07) is 4.05. The third-order valence-corrected chi connectivity index (χ3v) is 3.54. The van der Waals surface area contributed by atoms with Crippen molar-refractivity contribution in [1.29, 1.82) is 0 Å². The van der Waals surface area contributed by atoms with Crippen LogP contribution in [-0.2, 0) is 0 Å². The number of aryl methyl sites for hydroxylation is 3. The first-order valence-corrected chi connectivity index (χ1v) is 7.18. The molecule has 114 valence electrons. The van der Waals surface area contributed by atoms with Gasteiger partial charge in [-0.2, -0.15) is 0 Å². The SMILES string of the molecule is Cc1cc2nc(C)c(OCCCC(O)CO)nc2cc1C. The van der Waals surface area contributed by atoms with Crippen molar-refractivity contribution in [1.82, 2.24) is 9.97 Å². The summed E-state index contributed by atoms with van der Waals surface area (Å²) >= 11 is 0. The maximum Gasteiger partial charge on any atom is 0.235 e. The van der Waals surface area contributed by atoms with Crippen molar-refractivity contribution in [3.63, 3.8) is 0 Å². The molecule has 0 bridgehead atoms. The first-order chi connectivity index (χ1) is 10.0. The summed E-state index contributed by atoms with van der Waals surface area (Å²) < 4.78 is 5.64. The number of hydrogen-bond donors (Lipinski definition) is 2. The normalized spacial score (nSPS) is 12.6. The largest absolute Gasteiger partial charge is 0.476 e. The Hall–Kier alpha value is -1.72. The molecule has 2 aromatic rings. The second-order valence-corrected chi connectivity index (χ2v) is 5.37. The Balaban J connectivity index is 2.09. The summed E-state index contributed by atoms with van der Waals surface area (Å²) in [5.74, 6) is 0.532. The zero-order valence-corrected chi connectivity index (χ0v) is 12.8. The van der Waals surface area contributed by atoms with E-state index in [4.69, 9.17) is 9.84 Å². The average Bonchev–Trinajstić information content (AvgIpc) is 2.45. The van der Waals surface area contributed by atoms with Crippen molar-refractivity contribution < 1.29 is 14.9 Å². The van der Waals surface area contributed by atoms with E-state index in [-0.39, 0.29) is 6.61 Å². The number of aliphatic hydroxyl groups excluding tert-OH is 2. The van der Waals surface area contributed by atoms with E-state index in [1.807, 2.05) is 26.0 Å². The molecular formula is C16H22N2O3. The molecule has 1 heterocycles. The summed E-state index contributed by atoms with van der Waals surface area (Å²) in [6.07, 6.45) is 0.492. The fraction of sp³-hybridized carbons (Fsp3) is 0.500. The Bertz CT molecular complexity index is 628. The molecule has 0 fully saturated rings. The van der Waals surface area contributed by atoms with Gasteiger partial charge in [-0.3, -0.25) is 0 Å². The Morgan fingerprint density at radius 1 is 1.10 bits per heavy atom. The Morgan fingerprint density at radius 2 is 1.71 bits per heavy atom. The van der Waals surface area contributed by atoms with E-state index in [0.717, 1.165) is 16.7 Å². The van der Waals surface area contributed by atoms with Crippen molar-refractivity contribution in [3.8, 4) is 5.88 Å². The van der Waals surface area contributed by atoms with Gasteiger partial charge in [-0.1, -0.05) is 0 Å². The van der Waals surface area contributed by atoms with Crippen LogP contribution in [0.1, 0.15) is 29.7 Å². The molecule has 0 aliphatic rings. The van der Waals surface area contributed by atoms with Crippen molar-refractivity contribution in [2.24, 2.45) is 0 Å². The highest BCUT2D eigenvalue weighted by molar-refractivity contribution is 5.77. The molecule has 0 saturated carbocycles. The van der Waals surface area contributed by atoms with Gasteiger partial charge in [-0.15, -0.1) is 0 Å². The molecule has 1 atom stereocenters. The third kappa shape index (κ3) is 3.89. The highest BCUT2D eigenvalue weighted by Gasteiger charge is 2.08. The molecule has 0 spiro atoms. The standard InChI is InChI=1S/C16H22N2O3/c1-10-7-14-15(8-11(10)2)18-16(12(3)17-14)21-6-4-5-13(20)9-19/h7-8,13,19-20H,4-6,9H2,1-3H3. The number of rotatable bonds is 6. The predicted molar refractivity (Wildman–Crippen MR) is 81.6 cm³/mol. The summed E-state index contributed by atoms with van der Waals surface area (Å²) in [6.45, 7) is 6.21. The number of hydrogen-bond acceptors (Lipinski definition) is 5. The fourth-order valence-electron chi connectivity index (χ4n) is 2.10. The molecule has 2 rings (SSSR count). The quantitative estimate of drug-likeness (QED) is 0.797. The zero-order chi connectivity index (χ0) is 15.4. The van der Waals surface area contributed by atoms with Gasteiger partial charge in [0.1, 0.15) is 5.69 Å². The minimum Gasteiger partial charge on any atom is -0.476 e. The third-order valence-electron chi connectivity index (χ3n) is 3.54. The minimum atomic E-state index is -0.678. The molecule has 1 aromatic heterocycles. The van der Waals surface area contributed by atoms with Crippen molar-refractivity contribution >= 4 is 11.0 Å². The molecule has 0 radical (unpaired) electrons. The van der Waals surface area contributed by atoms with Gasteiger partial charge in [-0.05, 0) is 56.9 Å². The van der Waals surface area contributed by atoms with Crippen LogP contribution in [0.2, 0.25) is 0 Å². The summed E-state index contributed by atoms with van der Waals surface area (Å²) in [5, 5.41) is 18.0. The monoisotopic (exact) mass is 290 g/mol. The smallest absolute Gasteiger partial charge is 0.235 e. The first kappa shape index (κ1) is 15.7. The van der Waals surface area contributed by atoms with Gasteiger partial charge in [-0.25, -0.2) is 9.97 Å². The second-order valence-electron chi connectivity index (χ2n) is 5.37. The lowest BCUT2D eigenvalue weighted by molar-refractivity contribution is 0.0825. The maximum absolute atomic E-state index is 9.27. The van der Waals surface area contributed by atoms with Crippen molar-refractivity contribution in [3.05, 3.63) is 29.0 Å². The molecule has 2 N–H and O–H groups in total. The summed E-state index contributed by atoms with van der Waals surface area (Å²) in [5.41, 5.74) is 4.83. The van der Waals surface area contributed by atoms with Crippen LogP contribution >= 0.6 is 0 Å². The van der Waals surface area contributed by atoms with Crippen molar-refractivity contribution in [2.75, 3.05) is 13.2 Å². The number of aromatic nitrogens is 2. The van der Waals surface area contributed by atoms with E-state index in [1.165, 1.54) is 11.1 Å². The number of aliphatic hydroxyl groups is 2. The summed E-state index contributed by atoms with van der Waals surface area (Å²) in [7, 11) is 0. The zero-order valence-electron chi connectivity index (χ0n) is 12.8. The molecule has 0 amide bonds. The molecular weight excluding hydrogens is 268 g/mol. The fourth-order valence-corrected chi connectivity index (χ4v) is 2.10. The predicted octanol–water partition coefficient (Wildman–Crippen LogP) is 2.07. The van der Waals surface area contributed by atoms with Gasteiger partial charge in [0.15, 0.2) is 0 Å². The van der Waals surface area contributed by atoms with Gasteiger partial charge in [0.25, 0.3) is 0 Å². The highest BCUT2D eigenvalue weighted by Crippen LogP contribution is 2.21. The molecule has 1 unspecified atom stereocenters. The van der Waals surface area contributed by atoms with Crippen molar-refractivity contribution in [2.45, 2.75) is 39.7 Å². The Kier molecular flexibility index (Phi) is 5.09. The molecule has 5 heteroatoms. The van der Waals surface area contributed by atoms with E-state index < -0.39 is 6.10 Å². The van der Waals surface area contributed by atoms with Crippen LogP contribution in [-0.4, -0.2) is 39.5 Å². The number of nitrogens with zero attached hydrogens (tertiary/aromatic N) is 2. The summed E-state index contributed by atoms with van der Waals surface area (Å²) in [4.78, 5) is 9.05. The highest BCUT2D eigenvalue weighted by atomic mass is 16.5. The lowest BCUT2D eigenvalue weighted by Gasteiger charge is -2.11. The molecule has 0 aliphatic carbocycles. The van der Waals surface area contributed by atoms with E-state index in [0.29, 0.717) is 25.3 Å². The first-order valence-electron chi connectivity index (χ1n) is 7.18. The van der Waals surface area contributed by atoms with Gasteiger partial charge in [0, 0.05) is 0 Å². The minimum absolute atomic E-state index is 0.215. The number of benzene rings is 1. The molecule has 0 aliphatic heterocycles. The van der Waals surface area contributed by atoms with Crippen LogP contribution in [0.3, 0.4) is 0 Å². The lowest BCUT2D eigenvalue weighted by Crippen LogP contribution is -2.13. The molecule has 0 saturated heterocycles. The van der Waals surface area contributed by atoms with Gasteiger partial charge >= 0.3 is 0 Å². The van der Waals surface area contributed by atoms with E-state index in [1.54, 1.807) is 0 Å². The van der Waals surface area contributed by atoms with Gasteiger partial charge in [0.2, 0.25) is 5.88 Å². The average molecular weight is 290 g/mol. The van der Waals surface area contributed by atoms with E-state index >= 15 is 0 Å². The second kappa shape index (κ2) is 6.83. The van der Waals surface area contributed by atoms with Crippen LogP contribution in [0.4, 0.5) is 0 Å². The molecule has 1 aromatic carbocycles. The lowest BCUT2D eigenvalue weighted by atomic mass is 10.1. The number of fused-ring (bicyclic) bond motifs is 1. The van der Waals surface area contributed by atoms with Crippen LogP contribution < -0.4 is 4.74 Å². The van der Waals surface area contributed by atoms with Crippen LogP contribution in [0.25, 0.3) is 11.0 Å². The van der Waals surface area contributed by atoms with E-state index in [2.05, 4.69) is 16.9 Å². The Morgan fingerprint density at radius 3 is 2.33 bits per heavy atom.